The van der Waals surface area contributed by atoms with E-state index in [1.807, 2.05) is 0 Å². The number of aryl methyl sites for hydroxylation is 1. The van der Waals surface area contributed by atoms with E-state index < -0.39 is 12.7 Å². The number of nitrogens with one attached hydrogen (secondary N) is 1. The fraction of sp³-hybridized carbons (Fsp3) is 0.611. The molecular weight excluding hydrogens is 344 g/mol. The van der Waals surface area contributed by atoms with Gasteiger partial charge in [0.05, 0.1) is 18.7 Å². The SMILES string of the molecule is Cc1cc(OC(F)F)ccc1NC(=O)N1C[C@H](O)[C@@H](N2CCCCC2)C1. The zero-order valence-electron chi connectivity index (χ0n) is 14.8. The maximum atomic E-state index is 12.5. The summed E-state index contributed by atoms with van der Waals surface area (Å²) in [6.45, 7) is 1.53. The summed E-state index contributed by atoms with van der Waals surface area (Å²) in [6, 6.07) is 4.07. The first kappa shape index (κ1) is 18.8. The Hall–Kier alpha value is -1.93. The normalized spacial score (nSPS) is 24.1. The zero-order chi connectivity index (χ0) is 18.7. The molecule has 2 aliphatic rings. The average Bonchev–Trinajstić information content (AvgIpc) is 2.99. The van der Waals surface area contributed by atoms with Crippen LogP contribution in [0.15, 0.2) is 18.2 Å². The molecule has 0 bridgehead atoms. The van der Waals surface area contributed by atoms with Crippen LogP contribution < -0.4 is 10.1 Å². The van der Waals surface area contributed by atoms with Crippen molar-refractivity contribution in [2.24, 2.45) is 0 Å². The summed E-state index contributed by atoms with van der Waals surface area (Å²) in [6.07, 6.45) is 2.92. The molecule has 26 heavy (non-hydrogen) atoms. The number of aliphatic hydroxyl groups excluding tert-OH is 1. The lowest BCUT2D eigenvalue weighted by Crippen LogP contribution is -2.46. The molecule has 2 saturated heterocycles. The Balaban J connectivity index is 1.59. The van der Waals surface area contributed by atoms with E-state index in [1.165, 1.54) is 18.6 Å². The van der Waals surface area contributed by atoms with Crippen molar-refractivity contribution in [1.82, 2.24) is 9.80 Å². The van der Waals surface area contributed by atoms with Gasteiger partial charge in [-0.05, 0) is 56.6 Å². The molecule has 3 rings (SSSR count). The van der Waals surface area contributed by atoms with Crippen LogP contribution in [0.5, 0.6) is 5.75 Å². The van der Waals surface area contributed by atoms with E-state index in [0.29, 0.717) is 24.3 Å². The van der Waals surface area contributed by atoms with E-state index in [0.717, 1.165) is 25.9 Å². The van der Waals surface area contributed by atoms with Gasteiger partial charge in [-0.2, -0.15) is 8.78 Å². The van der Waals surface area contributed by atoms with E-state index in [1.54, 1.807) is 17.9 Å². The topological polar surface area (TPSA) is 65.0 Å². The molecule has 1 aromatic carbocycles. The number of hydrogen-bond donors (Lipinski definition) is 2. The van der Waals surface area contributed by atoms with Crippen molar-refractivity contribution in [3.63, 3.8) is 0 Å². The van der Waals surface area contributed by atoms with Crippen LogP contribution in [0.1, 0.15) is 24.8 Å². The first-order chi connectivity index (χ1) is 12.4. The molecule has 1 aromatic rings. The number of alkyl halides is 2. The Bertz CT molecular complexity index is 638. The van der Waals surface area contributed by atoms with Crippen molar-refractivity contribution < 1.29 is 23.4 Å². The predicted molar refractivity (Wildman–Crippen MR) is 93.6 cm³/mol. The van der Waals surface area contributed by atoms with Crippen molar-refractivity contribution in [3.05, 3.63) is 23.8 Å². The van der Waals surface area contributed by atoms with Crippen LogP contribution in [0.2, 0.25) is 0 Å². The fourth-order valence-corrected chi connectivity index (χ4v) is 3.69. The van der Waals surface area contributed by atoms with Gasteiger partial charge in [0.15, 0.2) is 0 Å². The summed E-state index contributed by atoms with van der Waals surface area (Å²) in [5.41, 5.74) is 1.16. The molecule has 2 N–H and O–H groups in total. The maximum Gasteiger partial charge on any atom is 0.387 e. The number of hydrogen-bond acceptors (Lipinski definition) is 4. The molecule has 0 radical (unpaired) electrons. The molecule has 2 heterocycles. The minimum Gasteiger partial charge on any atom is -0.435 e. The summed E-state index contributed by atoms with van der Waals surface area (Å²) in [7, 11) is 0. The lowest BCUT2D eigenvalue weighted by Gasteiger charge is -2.33. The minimum absolute atomic E-state index is 0.0241. The average molecular weight is 369 g/mol. The molecular formula is C18H25F2N3O3. The summed E-state index contributed by atoms with van der Waals surface area (Å²) >= 11 is 0. The van der Waals surface area contributed by atoms with Gasteiger partial charge >= 0.3 is 12.6 Å². The van der Waals surface area contributed by atoms with Crippen molar-refractivity contribution in [3.8, 4) is 5.75 Å². The number of ether oxygens (including phenoxy) is 1. The number of anilines is 1. The minimum atomic E-state index is -2.88. The Morgan fingerprint density at radius 3 is 2.65 bits per heavy atom. The molecule has 6 nitrogen and oxygen atoms in total. The molecule has 2 aliphatic heterocycles. The highest BCUT2D eigenvalue weighted by Gasteiger charge is 2.38. The van der Waals surface area contributed by atoms with Crippen molar-refractivity contribution >= 4 is 11.7 Å². The van der Waals surface area contributed by atoms with E-state index >= 15 is 0 Å². The Morgan fingerprint density at radius 1 is 1.27 bits per heavy atom. The van der Waals surface area contributed by atoms with Crippen molar-refractivity contribution in [2.45, 2.75) is 44.9 Å². The standard InChI is InChI=1S/C18H25F2N3O3/c1-12-9-13(26-17(19)20)5-6-14(12)21-18(25)23-10-15(16(24)11-23)22-7-3-2-4-8-22/h5-6,9,15-17,24H,2-4,7-8,10-11H2,1H3,(H,21,25)/t15-,16-/m0/s1. The number of β-amino-alcohol motifs (C(OH)–C–C–N with tert-alkyl or cyclic N) is 1. The van der Waals surface area contributed by atoms with E-state index in [2.05, 4.69) is 15.0 Å². The molecule has 8 heteroatoms. The predicted octanol–water partition coefficient (Wildman–Crippen LogP) is 2.66. The number of amides is 2. The molecule has 144 valence electrons. The molecule has 2 amide bonds. The highest BCUT2D eigenvalue weighted by atomic mass is 19.3. The number of nitrogens with zero attached hydrogens (tertiary/aromatic N) is 2. The van der Waals surface area contributed by atoms with Gasteiger partial charge in [-0.25, -0.2) is 4.79 Å². The van der Waals surface area contributed by atoms with Gasteiger partial charge in [0.25, 0.3) is 0 Å². The van der Waals surface area contributed by atoms with Crippen LogP contribution in [-0.2, 0) is 0 Å². The molecule has 0 saturated carbocycles. The van der Waals surface area contributed by atoms with Crippen LogP contribution in [0.4, 0.5) is 19.3 Å². The number of piperidine rings is 1. The monoisotopic (exact) mass is 369 g/mol. The van der Waals surface area contributed by atoms with Gasteiger partial charge in [0.1, 0.15) is 5.75 Å². The smallest absolute Gasteiger partial charge is 0.387 e. The first-order valence-corrected chi connectivity index (χ1v) is 8.97. The number of urea groups is 1. The quantitative estimate of drug-likeness (QED) is 0.857. The number of likely N-dealkylation sites (tertiary alicyclic amines) is 2. The van der Waals surface area contributed by atoms with Crippen LogP contribution in [0, 0.1) is 6.92 Å². The molecule has 2 atom stereocenters. The number of rotatable bonds is 4. The second-order valence-electron chi connectivity index (χ2n) is 6.92. The second kappa shape index (κ2) is 8.18. The van der Waals surface area contributed by atoms with Gasteiger partial charge in [-0.15, -0.1) is 0 Å². The third-order valence-corrected chi connectivity index (χ3v) is 5.07. The van der Waals surface area contributed by atoms with E-state index in [9.17, 15) is 18.7 Å². The Labute approximate surface area is 151 Å². The summed E-state index contributed by atoms with van der Waals surface area (Å²) in [4.78, 5) is 16.4. The Kier molecular flexibility index (Phi) is 5.93. The van der Waals surface area contributed by atoms with E-state index in [-0.39, 0.29) is 17.8 Å². The van der Waals surface area contributed by atoms with Crippen LogP contribution in [-0.4, -0.2) is 65.9 Å². The van der Waals surface area contributed by atoms with Crippen LogP contribution in [0.3, 0.4) is 0 Å². The van der Waals surface area contributed by atoms with E-state index in [4.69, 9.17) is 0 Å². The summed E-state index contributed by atoms with van der Waals surface area (Å²) < 4.78 is 28.9. The summed E-state index contributed by atoms with van der Waals surface area (Å²) in [5.74, 6) is 0.0530. The fourth-order valence-electron chi connectivity index (χ4n) is 3.69. The largest absolute Gasteiger partial charge is 0.435 e. The van der Waals surface area contributed by atoms with Gasteiger partial charge in [-0.3, -0.25) is 4.90 Å². The first-order valence-electron chi connectivity index (χ1n) is 8.97. The highest BCUT2D eigenvalue weighted by molar-refractivity contribution is 5.90. The van der Waals surface area contributed by atoms with Crippen molar-refractivity contribution in [2.75, 3.05) is 31.5 Å². The van der Waals surface area contributed by atoms with Gasteiger partial charge in [0.2, 0.25) is 0 Å². The number of benzene rings is 1. The van der Waals surface area contributed by atoms with Gasteiger partial charge in [-0.1, -0.05) is 6.42 Å². The van der Waals surface area contributed by atoms with Crippen LogP contribution >= 0.6 is 0 Å². The maximum absolute atomic E-state index is 12.5. The third kappa shape index (κ3) is 4.42. The lowest BCUT2D eigenvalue weighted by molar-refractivity contribution is -0.0498. The van der Waals surface area contributed by atoms with Crippen molar-refractivity contribution in [1.29, 1.82) is 0 Å². The summed E-state index contributed by atoms with van der Waals surface area (Å²) in [5, 5.41) is 13.1. The highest BCUT2D eigenvalue weighted by Crippen LogP contribution is 2.25. The van der Waals surface area contributed by atoms with Gasteiger partial charge < -0.3 is 20.1 Å². The number of carbonyl (C=O) groups excluding carboxylic acids is 1. The number of halogens is 2. The Morgan fingerprint density at radius 2 is 2.00 bits per heavy atom. The second-order valence-corrected chi connectivity index (χ2v) is 6.92. The van der Waals surface area contributed by atoms with Gasteiger partial charge in [0, 0.05) is 12.2 Å². The zero-order valence-corrected chi connectivity index (χ0v) is 14.8. The number of aliphatic hydroxyl groups is 1. The molecule has 2 fully saturated rings. The molecule has 0 unspecified atom stereocenters. The molecule has 0 aliphatic carbocycles. The molecule has 0 aromatic heterocycles. The van der Waals surface area contributed by atoms with Crippen LogP contribution in [0.25, 0.3) is 0 Å². The third-order valence-electron chi connectivity index (χ3n) is 5.07. The lowest BCUT2D eigenvalue weighted by atomic mass is 10.1. The number of carbonyl (C=O) groups is 1. The molecule has 0 spiro atoms.